The molecule has 0 amide bonds. The van der Waals surface area contributed by atoms with E-state index in [9.17, 15) is 0 Å². The van der Waals surface area contributed by atoms with Gasteiger partial charge < -0.3 is 0 Å². The van der Waals surface area contributed by atoms with Crippen molar-refractivity contribution in [1.82, 2.24) is 0 Å². The summed E-state index contributed by atoms with van der Waals surface area (Å²) in [6.45, 7) is 0. The van der Waals surface area contributed by atoms with E-state index in [1.807, 2.05) is 0 Å². The van der Waals surface area contributed by atoms with Crippen LogP contribution in [0.25, 0.3) is 0 Å². The zero-order valence-corrected chi connectivity index (χ0v) is 17.4. The van der Waals surface area contributed by atoms with Crippen molar-refractivity contribution in [3.8, 4) is 0 Å². The summed E-state index contributed by atoms with van der Waals surface area (Å²) in [7, 11) is 0. The monoisotopic (exact) mass is 446 g/mol. The van der Waals surface area contributed by atoms with E-state index in [2.05, 4.69) is 65.1 Å². The predicted molar refractivity (Wildman–Crippen MR) is 115 cm³/mol. The first-order valence-corrected chi connectivity index (χ1v) is 11.9. The third-order valence-corrected chi connectivity index (χ3v) is 9.01. The molecule has 0 nitrogen and oxygen atoms in total. The van der Waals surface area contributed by atoms with Gasteiger partial charge in [0.05, 0.1) is 0 Å². The second kappa shape index (κ2) is 7.02. The van der Waals surface area contributed by atoms with Gasteiger partial charge >= 0.3 is 0 Å². The SMILES string of the molecule is IC1CCC2CC(C3C=C4C=C[C@H]5CCC=CC5C4CC3)C=C[C@H]2C1. The Bertz CT molecular complexity index is 624. The molecule has 5 rings (SSSR count). The molecule has 0 bridgehead atoms. The smallest absolute Gasteiger partial charge is 0.0115 e. The molecule has 0 saturated heterocycles. The van der Waals surface area contributed by atoms with E-state index in [0.29, 0.717) is 0 Å². The number of hydrogen-bond donors (Lipinski definition) is 0. The highest BCUT2D eigenvalue weighted by molar-refractivity contribution is 14.1. The molecule has 134 valence electrons. The highest BCUT2D eigenvalue weighted by Gasteiger charge is 2.38. The zero-order valence-electron chi connectivity index (χ0n) is 15.2. The first kappa shape index (κ1) is 16.8. The Kier molecular flexibility index (Phi) is 4.73. The Morgan fingerprint density at radius 3 is 2.64 bits per heavy atom. The Balaban J connectivity index is 1.33. The lowest BCUT2D eigenvalue weighted by Gasteiger charge is -2.43. The molecule has 6 unspecified atom stereocenters. The standard InChI is InChI=1S/C24H31I/c25-22-11-9-18-13-17(6-7-20(18)15-22)19-10-12-24-21(14-19)8-5-16-3-1-2-4-23(16)24/h2,4-8,14,16-20,22-24H,1,3,9-13,15H2/t16-,17?,18?,19?,20+,22?,23?,24?/m1/s1. The maximum absolute atomic E-state index is 2.70. The van der Waals surface area contributed by atoms with Crippen molar-refractivity contribution in [3.63, 3.8) is 0 Å². The van der Waals surface area contributed by atoms with Crippen molar-refractivity contribution < 1.29 is 0 Å². The third kappa shape index (κ3) is 3.24. The number of halogens is 1. The van der Waals surface area contributed by atoms with Gasteiger partial charge in [-0.15, -0.1) is 0 Å². The minimum Gasteiger partial charge on any atom is -0.0882 e. The van der Waals surface area contributed by atoms with Crippen molar-refractivity contribution in [2.45, 2.75) is 55.3 Å². The molecule has 8 atom stereocenters. The van der Waals surface area contributed by atoms with Crippen molar-refractivity contribution in [2.75, 3.05) is 0 Å². The summed E-state index contributed by atoms with van der Waals surface area (Å²) in [5.41, 5.74) is 1.68. The van der Waals surface area contributed by atoms with E-state index in [4.69, 9.17) is 0 Å². The van der Waals surface area contributed by atoms with Gasteiger partial charge in [0, 0.05) is 3.92 Å². The van der Waals surface area contributed by atoms with Crippen molar-refractivity contribution in [2.24, 2.45) is 41.4 Å². The lowest BCUT2D eigenvalue weighted by atomic mass is 9.62. The number of rotatable bonds is 1. The van der Waals surface area contributed by atoms with Gasteiger partial charge in [-0.3, -0.25) is 0 Å². The molecule has 0 aromatic rings. The van der Waals surface area contributed by atoms with Gasteiger partial charge in [-0.05, 0) is 98.4 Å². The van der Waals surface area contributed by atoms with Crippen molar-refractivity contribution in [3.05, 3.63) is 48.1 Å². The van der Waals surface area contributed by atoms with Gasteiger partial charge in [-0.25, -0.2) is 0 Å². The highest BCUT2D eigenvalue weighted by atomic mass is 127. The molecule has 0 aliphatic heterocycles. The van der Waals surface area contributed by atoms with E-state index in [-0.39, 0.29) is 0 Å². The largest absolute Gasteiger partial charge is 0.0882 e. The number of alkyl halides is 1. The molecule has 0 aromatic carbocycles. The van der Waals surface area contributed by atoms with Crippen LogP contribution in [0.15, 0.2) is 48.1 Å². The van der Waals surface area contributed by atoms with Crippen molar-refractivity contribution in [1.29, 1.82) is 0 Å². The van der Waals surface area contributed by atoms with Crippen LogP contribution in [0.1, 0.15) is 51.4 Å². The van der Waals surface area contributed by atoms with Crippen LogP contribution in [0, 0.1) is 41.4 Å². The molecule has 1 heteroatoms. The zero-order chi connectivity index (χ0) is 16.8. The van der Waals surface area contributed by atoms with Gasteiger partial charge in [0.2, 0.25) is 0 Å². The van der Waals surface area contributed by atoms with Crippen LogP contribution in [0.3, 0.4) is 0 Å². The summed E-state index contributed by atoms with van der Waals surface area (Å²) in [5.74, 6) is 5.92. The quantitative estimate of drug-likeness (QED) is 0.234. The Morgan fingerprint density at radius 2 is 1.68 bits per heavy atom. The summed E-state index contributed by atoms with van der Waals surface area (Å²) in [6, 6.07) is 0. The Morgan fingerprint density at radius 1 is 0.760 bits per heavy atom. The summed E-state index contributed by atoms with van der Waals surface area (Å²) in [6.07, 6.45) is 29.3. The molecule has 25 heavy (non-hydrogen) atoms. The molecular formula is C24H31I. The van der Waals surface area contributed by atoms with Crippen LogP contribution in [-0.4, -0.2) is 3.92 Å². The maximum Gasteiger partial charge on any atom is 0.0115 e. The molecule has 1 fully saturated rings. The molecule has 5 aliphatic carbocycles. The summed E-state index contributed by atoms with van der Waals surface area (Å²) >= 11 is 2.67. The van der Waals surface area contributed by atoms with E-state index in [0.717, 1.165) is 45.3 Å². The molecule has 1 saturated carbocycles. The van der Waals surface area contributed by atoms with Crippen LogP contribution in [0.4, 0.5) is 0 Å². The van der Waals surface area contributed by atoms with E-state index in [1.165, 1.54) is 51.4 Å². The fourth-order valence-corrected chi connectivity index (χ4v) is 7.41. The van der Waals surface area contributed by atoms with Crippen LogP contribution in [0.2, 0.25) is 0 Å². The lowest BCUT2D eigenvalue weighted by molar-refractivity contribution is 0.202. The number of hydrogen-bond acceptors (Lipinski definition) is 0. The normalized spacial score (nSPS) is 48.3. The Hall–Kier alpha value is -0.310. The number of fused-ring (bicyclic) bond motifs is 4. The van der Waals surface area contributed by atoms with Crippen molar-refractivity contribution >= 4 is 22.6 Å². The molecule has 0 aromatic heterocycles. The first-order chi connectivity index (χ1) is 12.3. The second-order valence-electron chi connectivity index (χ2n) is 9.24. The molecule has 5 aliphatic rings. The fourth-order valence-electron chi connectivity index (χ4n) is 6.47. The average molecular weight is 446 g/mol. The van der Waals surface area contributed by atoms with Gasteiger partial charge in [0.1, 0.15) is 0 Å². The summed E-state index contributed by atoms with van der Waals surface area (Å²) in [5, 5.41) is 0. The van der Waals surface area contributed by atoms with Gasteiger partial charge in [-0.2, -0.15) is 0 Å². The molecule has 0 radical (unpaired) electrons. The van der Waals surface area contributed by atoms with Gasteiger partial charge in [0.25, 0.3) is 0 Å². The number of allylic oxidation sites excluding steroid dienone is 8. The third-order valence-electron chi connectivity index (χ3n) is 7.88. The minimum atomic E-state index is 0.801. The Labute approximate surface area is 167 Å². The molecular weight excluding hydrogens is 415 g/mol. The minimum absolute atomic E-state index is 0.801. The topological polar surface area (TPSA) is 0 Å². The molecule has 0 spiro atoms. The summed E-state index contributed by atoms with van der Waals surface area (Å²) in [4.78, 5) is 0. The summed E-state index contributed by atoms with van der Waals surface area (Å²) < 4.78 is 0.918. The highest BCUT2D eigenvalue weighted by Crippen LogP contribution is 2.49. The van der Waals surface area contributed by atoms with E-state index in [1.54, 1.807) is 5.57 Å². The maximum atomic E-state index is 2.70. The van der Waals surface area contributed by atoms with Crippen LogP contribution in [-0.2, 0) is 0 Å². The average Bonchev–Trinajstić information content (AvgIpc) is 2.67. The van der Waals surface area contributed by atoms with E-state index < -0.39 is 0 Å². The molecule has 0 heterocycles. The van der Waals surface area contributed by atoms with Gasteiger partial charge in [0.15, 0.2) is 0 Å². The predicted octanol–water partition coefficient (Wildman–Crippen LogP) is 6.89. The van der Waals surface area contributed by atoms with Crippen LogP contribution in [0.5, 0.6) is 0 Å². The fraction of sp³-hybridized carbons (Fsp3) is 0.667. The second-order valence-corrected chi connectivity index (χ2v) is 11.0. The van der Waals surface area contributed by atoms with E-state index >= 15 is 0 Å². The first-order valence-electron chi connectivity index (χ1n) is 10.7. The molecule has 0 N–H and O–H groups in total. The van der Waals surface area contributed by atoms with Crippen LogP contribution < -0.4 is 0 Å². The van der Waals surface area contributed by atoms with Gasteiger partial charge in [-0.1, -0.05) is 65.1 Å². The van der Waals surface area contributed by atoms with Crippen LogP contribution >= 0.6 is 22.6 Å². The lowest BCUT2D eigenvalue weighted by Crippen LogP contribution is -2.33.